The van der Waals surface area contributed by atoms with Gasteiger partial charge in [0.2, 0.25) is 0 Å². The number of fused-ring (bicyclic) bond motifs is 6. The second kappa shape index (κ2) is 12.2. The molecular formula is C47H33N3O. The van der Waals surface area contributed by atoms with Crippen LogP contribution >= 0.6 is 0 Å². The Kier molecular flexibility index (Phi) is 7.05. The molecule has 0 radical (unpaired) electrons. The largest absolute Gasteiger partial charge is 0.484 e. The Balaban J connectivity index is 1.13. The van der Waals surface area contributed by atoms with Crippen molar-refractivity contribution in [1.82, 2.24) is 15.0 Å². The van der Waals surface area contributed by atoms with Gasteiger partial charge in [0, 0.05) is 33.6 Å². The monoisotopic (exact) mass is 655 g/mol. The van der Waals surface area contributed by atoms with E-state index in [1.807, 2.05) is 18.2 Å². The van der Waals surface area contributed by atoms with Gasteiger partial charge in [-0.15, -0.1) is 0 Å². The first-order valence-corrected chi connectivity index (χ1v) is 17.7. The van der Waals surface area contributed by atoms with Crippen LogP contribution in [0.1, 0.15) is 35.4 Å². The van der Waals surface area contributed by atoms with Crippen molar-refractivity contribution in [3.8, 4) is 39.9 Å². The van der Waals surface area contributed by atoms with Crippen molar-refractivity contribution >= 4 is 32.7 Å². The topological polar surface area (TPSA) is 47.9 Å². The van der Waals surface area contributed by atoms with Crippen molar-refractivity contribution in [2.45, 2.75) is 24.9 Å². The van der Waals surface area contributed by atoms with Crippen molar-refractivity contribution < 1.29 is 4.74 Å². The van der Waals surface area contributed by atoms with Crippen molar-refractivity contribution in [3.05, 3.63) is 181 Å². The number of benzene rings is 6. The Morgan fingerprint density at radius 1 is 0.588 bits per heavy atom. The van der Waals surface area contributed by atoms with Gasteiger partial charge < -0.3 is 4.74 Å². The van der Waals surface area contributed by atoms with E-state index in [9.17, 15) is 0 Å². The average molecular weight is 656 g/mol. The number of ether oxygens (including phenoxy) is 1. The van der Waals surface area contributed by atoms with Gasteiger partial charge in [0.1, 0.15) is 11.9 Å². The summed E-state index contributed by atoms with van der Waals surface area (Å²) in [6, 6.07) is 44.7. The fourth-order valence-corrected chi connectivity index (χ4v) is 7.79. The summed E-state index contributed by atoms with van der Waals surface area (Å²) in [7, 11) is 0. The lowest BCUT2D eigenvalue weighted by molar-refractivity contribution is 0.272. The zero-order chi connectivity index (χ0) is 33.7. The summed E-state index contributed by atoms with van der Waals surface area (Å²) in [5, 5.41) is 4.61. The summed E-state index contributed by atoms with van der Waals surface area (Å²) in [4.78, 5) is 15.4. The Hall–Kier alpha value is -6.39. The molecule has 51 heavy (non-hydrogen) atoms. The van der Waals surface area contributed by atoms with E-state index in [0.717, 1.165) is 51.6 Å². The number of nitrogens with zero attached hydrogens (tertiary/aromatic N) is 3. The average Bonchev–Trinajstić information content (AvgIpc) is 3.59. The van der Waals surface area contributed by atoms with Gasteiger partial charge in [-0.1, -0.05) is 152 Å². The van der Waals surface area contributed by atoms with Gasteiger partial charge in [-0.3, -0.25) is 0 Å². The van der Waals surface area contributed by atoms with Crippen molar-refractivity contribution in [2.75, 3.05) is 0 Å². The number of allylic oxidation sites excluding steroid dienone is 6. The first-order valence-electron chi connectivity index (χ1n) is 17.7. The minimum absolute atomic E-state index is 0.0497. The zero-order valence-corrected chi connectivity index (χ0v) is 27.9. The predicted molar refractivity (Wildman–Crippen MR) is 208 cm³/mol. The molecule has 10 rings (SSSR count). The number of rotatable bonds is 5. The van der Waals surface area contributed by atoms with Crippen LogP contribution in [0.5, 0.6) is 5.75 Å². The van der Waals surface area contributed by atoms with Gasteiger partial charge in [0.15, 0.2) is 17.5 Å². The lowest BCUT2D eigenvalue weighted by atomic mass is 9.84. The summed E-state index contributed by atoms with van der Waals surface area (Å²) >= 11 is 0. The van der Waals surface area contributed by atoms with Gasteiger partial charge in [0.05, 0.1) is 0 Å². The van der Waals surface area contributed by atoms with Crippen LogP contribution in [0, 0.1) is 0 Å². The molecule has 2 heterocycles. The van der Waals surface area contributed by atoms with E-state index >= 15 is 0 Å². The first-order chi connectivity index (χ1) is 25.3. The molecule has 0 spiro atoms. The molecule has 4 heteroatoms. The van der Waals surface area contributed by atoms with E-state index in [2.05, 4.69) is 146 Å². The highest BCUT2D eigenvalue weighted by Gasteiger charge is 2.36. The molecule has 242 valence electrons. The molecule has 2 atom stereocenters. The lowest BCUT2D eigenvalue weighted by Crippen LogP contribution is -2.17. The number of hydrogen-bond donors (Lipinski definition) is 0. The normalized spacial score (nSPS) is 17.5. The molecule has 0 fully saturated rings. The van der Waals surface area contributed by atoms with Crippen LogP contribution in [-0.2, 0) is 0 Å². The van der Waals surface area contributed by atoms with Gasteiger partial charge in [-0.25, -0.2) is 15.0 Å². The van der Waals surface area contributed by atoms with E-state index in [4.69, 9.17) is 19.7 Å². The van der Waals surface area contributed by atoms with Crippen molar-refractivity contribution in [1.29, 1.82) is 0 Å². The summed E-state index contributed by atoms with van der Waals surface area (Å²) in [6.07, 6.45) is 15.4. The predicted octanol–water partition coefficient (Wildman–Crippen LogP) is 11.4. The van der Waals surface area contributed by atoms with E-state index in [0.29, 0.717) is 17.5 Å². The Morgan fingerprint density at radius 2 is 1.27 bits per heavy atom. The molecule has 0 bridgehead atoms. The van der Waals surface area contributed by atoms with E-state index < -0.39 is 0 Å². The minimum Gasteiger partial charge on any atom is -0.484 e. The highest BCUT2D eigenvalue weighted by molar-refractivity contribution is 6.02. The number of aromatic nitrogens is 3. The molecule has 0 saturated heterocycles. The van der Waals surface area contributed by atoms with Crippen LogP contribution in [0.3, 0.4) is 0 Å². The first kappa shape index (κ1) is 29.5. The molecule has 0 saturated carbocycles. The molecule has 3 aliphatic rings. The van der Waals surface area contributed by atoms with Gasteiger partial charge in [-0.2, -0.15) is 0 Å². The van der Waals surface area contributed by atoms with Crippen LogP contribution in [0.4, 0.5) is 0 Å². The highest BCUT2D eigenvalue weighted by Crippen LogP contribution is 2.49. The Bertz CT molecular complexity index is 2610. The Labute approximate surface area is 296 Å². The second-order valence-corrected chi connectivity index (χ2v) is 13.4. The summed E-state index contributed by atoms with van der Waals surface area (Å²) in [5.74, 6) is 2.94. The standard InChI is InChI=1S/C47H33N3O/c1-3-12-30(13-4-1)31-22-24-34(25-23-31)46-48-45(33-15-5-2-6-16-33)49-47(50-46)42-29-41-40-28-35(37-21-11-17-32-14-7-8-18-36(32)37)26-27-43(40)51-44(41)39-20-10-9-19-38(39)42/h1-3,5-12,14-29,40,43H,4,13H2. The van der Waals surface area contributed by atoms with E-state index in [-0.39, 0.29) is 12.0 Å². The SMILES string of the molecule is C1=CCCC(c2ccc(-c3nc(-c4ccccc4)nc(-c4cc5c(c6ccccc46)OC4C=CC(c6cccc7ccccc67)=CC54)n3)cc2)=C1. The third kappa shape index (κ3) is 5.19. The van der Waals surface area contributed by atoms with Crippen LogP contribution < -0.4 is 4.74 Å². The van der Waals surface area contributed by atoms with E-state index in [1.165, 1.54) is 33.0 Å². The highest BCUT2D eigenvalue weighted by atomic mass is 16.5. The summed E-state index contributed by atoms with van der Waals surface area (Å²) < 4.78 is 6.74. The van der Waals surface area contributed by atoms with Crippen LogP contribution in [-0.4, -0.2) is 21.1 Å². The molecule has 1 aliphatic heterocycles. The molecule has 6 aromatic carbocycles. The number of hydrogen-bond acceptors (Lipinski definition) is 4. The summed E-state index contributed by atoms with van der Waals surface area (Å²) in [5.41, 5.74) is 9.05. The zero-order valence-electron chi connectivity index (χ0n) is 27.9. The molecule has 4 nitrogen and oxygen atoms in total. The maximum atomic E-state index is 6.74. The van der Waals surface area contributed by atoms with Crippen molar-refractivity contribution in [2.24, 2.45) is 0 Å². The quantitative estimate of drug-likeness (QED) is 0.185. The van der Waals surface area contributed by atoms with Gasteiger partial charge in [0.25, 0.3) is 0 Å². The third-order valence-corrected chi connectivity index (χ3v) is 10.4. The van der Waals surface area contributed by atoms with Gasteiger partial charge in [-0.05, 0) is 63.4 Å². The maximum Gasteiger partial charge on any atom is 0.164 e. The van der Waals surface area contributed by atoms with Crippen LogP contribution in [0.15, 0.2) is 164 Å². The lowest BCUT2D eigenvalue weighted by Gasteiger charge is -2.19. The Morgan fingerprint density at radius 3 is 2.08 bits per heavy atom. The fraction of sp³-hybridized carbons (Fsp3) is 0.0851. The second-order valence-electron chi connectivity index (χ2n) is 13.4. The molecule has 2 unspecified atom stereocenters. The third-order valence-electron chi connectivity index (χ3n) is 10.4. The fourth-order valence-electron chi connectivity index (χ4n) is 7.79. The molecular weight excluding hydrogens is 623 g/mol. The molecule has 0 amide bonds. The molecule has 2 aliphatic carbocycles. The van der Waals surface area contributed by atoms with Crippen LogP contribution in [0.25, 0.3) is 66.9 Å². The summed E-state index contributed by atoms with van der Waals surface area (Å²) in [6.45, 7) is 0. The van der Waals surface area contributed by atoms with E-state index in [1.54, 1.807) is 0 Å². The smallest absolute Gasteiger partial charge is 0.164 e. The molecule has 0 N–H and O–H groups in total. The minimum atomic E-state index is -0.0838. The van der Waals surface area contributed by atoms with Gasteiger partial charge >= 0.3 is 0 Å². The van der Waals surface area contributed by atoms with Crippen LogP contribution in [0.2, 0.25) is 0 Å². The molecule has 1 aromatic heterocycles. The molecule has 7 aromatic rings. The maximum absolute atomic E-state index is 6.74. The van der Waals surface area contributed by atoms with Crippen molar-refractivity contribution in [3.63, 3.8) is 0 Å².